The topological polar surface area (TPSA) is 131 Å². The van der Waals surface area contributed by atoms with E-state index in [-0.39, 0.29) is 17.8 Å². The zero-order chi connectivity index (χ0) is 25.0. The van der Waals surface area contributed by atoms with Gasteiger partial charge in [-0.3, -0.25) is 29.9 Å². The van der Waals surface area contributed by atoms with Gasteiger partial charge < -0.3 is 14.4 Å². The molecule has 4 amide bonds. The molecule has 0 aromatic heterocycles. The molecule has 11 nitrogen and oxygen atoms in total. The van der Waals surface area contributed by atoms with Crippen LogP contribution in [0, 0.1) is 10.1 Å². The van der Waals surface area contributed by atoms with Gasteiger partial charge in [-0.1, -0.05) is 6.07 Å². The first-order valence-electron chi connectivity index (χ1n) is 10.2. The first-order valence-corrected chi connectivity index (χ1v) is 10.2. The number of imide groups is 2. The fourth-order valence-electron chi connectivity index (χ4n) is 3.51. The van der Waals surface area contributed by atoms with Crippen LogP contribution >= 0.6 is 0 Å². The molecule has 178 valence electrons. The number of hydrogen-bond donors (Lipinski definition) is 1. The third-order valence-corrected chi connectivity index (χ3v) is 5.26. The third-order valence-electron chi connectivity index (χ3n) is 5.26. The van der Waals surface area contributed by atoms with Gasteiger partial charge in [0, 0.05) is 44.0 Å². The molecule has 11 heteroatoms. The maximum atomic E-state index is 13.1. The highest BCUT2D eigenvalue weighted by Crippen LogP contribution is 2.29. The van der Waals surface area contributed by atoms with E-state index in [0.29, 0.717) is 29.2 Å². The molecule has 34 heavy (non-hydrogen) atoms. The Hall–Kier alpha value is -4.41. The molecule has 3 rings (SSSR count). The van der Waals surface area contributed by atoms with Crippen LogP contribution in [0.5, 0.6) is 11.5 Å². The molecule has 0 spiro atoms. The minimum Gasteiger partial charge on any atom is -0.493 e. The maximum Gasteiger partial charge on any atom is 0.331 e. The van der Waals surface area contributed by atoms with Gasteiger partial charge >= 0.3 is 6.03 Å². The second-order valence-electron chi connectivity index (χ2n) is 7.61. The van der Waals surface area contributed by atoms with Crippen molar-refractivity contribution in [3.05, 3.63) is 63.2 Å². The van der Waals surface area contributed by atoms with E-state index < -0.39 is 22.8 Å². The van der Waals surface area contributed by atoms with Crippen molar-refractivity contribution in [3.63, 3.8) is 0 Å². The predicted molar refractivity (Wildman–Crippen MR) is 124 cm³/mol. The molecule has 1 aliphatic rings. The lowest BCUT2D eigenvalue weighted by Gasteiger charge is -2.26. The van der Waals surface area contributed by atoms with Crippen molar-refractivity contribution in [2.75, 3.05) is 39.8 Å². The smallest absolute Gasteiger partial charge is 0.331 e. The van der Waals surface area contributed by atoms with Crippen molar-refractivity contribution >= 4 is 35.3 Å². The van der Waals surface area contributed by atoms with Crippen LogP contribution in [0.1, 0.15) is 11.1 Å². The fraction of sp³-hybridized carbons (Fsp3) is 0.261. The summed E-state index contributed by atoms with van der Waals surface area (Å²) < 4.78 is 10.5. The molecule has 0 unspecified atom stereocenters. The zero-order valence-electron chi connectivity index (χ0n) is 19.2. The molecule has 1 aliphatic heterocycles. The number of barbiturate groups is 1. The number of nitrogens with one attached hydrogen (secondary N) is 1. The number of nitrogens with zero attached hydrogens (tertiary/aromatic N) is 3. The van der Waals surface area contributed by atoms with Crippen molar-refractivity contribution < 1.29 is 28.8 Å². The number of rotatable bonds is 8. The zero-order valence-corrected chi connectivity index (χ0v) is 19.2. The van der Waals surface area contributed by atoms with Crippen molar-refractivity contribution in [3.8, 4) is 11.5 Å². The molecule has 2 aromatic carbocycles. The van der Waals surface area contributed by atoms with Gasteiger partial charge in [0.05, 0.1) is 19.1 Å². The molecule has 0 aliphatic carbocycles. The number of ether oxygens (including phenoxy) is 2. The maximum absolute atomic E-state index is 13.1. The Balaban J connectivity index is 1.90. The molecular weight excluding hydrogens is 444 g/mol. The van der Waals surface area contributed by atoms with Crippen LogP contribution in [-0.4, -0.2) is 62.5 Å². The number of methoxy groups -OCH3 is 2. The quantitative estimate of drug-likeness (QED) is 0.270. The van der Waals surface area contributed by atoms with Crippen molar-refractivity contribution in [2.45, 2.75) is 6.42 Å². The standard InChI is InChI=1S/C23H24N4O7/c1-25(2)18-7-6-16(27(31)32)12-15(18)13-17-21(28)24-23(30)26(22(17)29)10-9-14-5-8-19(33-3)20(11-14)34-4/h5-8,11-13H,9-10H2,1-4H3,(H,24,28,30)/b17-13-. The Morgan fingerprint density at radius 2 is 1.76 bits per heavy atom. The number of carbonyl (C=O) groups excluding carboxylic acids is 3. The number of benzene rings is 2. The molecule has 0 atom stereocenters. The van der Waals surface area contributed by atoms with E-state index in [2.05, 4.69) is 5.32 Å². The lowest BCUT2D eigenvalue weighted by Crippen LogP contribution is -2.54. The van der Waals surface area contributed by atoms with E-state index >= 15 is 0 Å². The van der Waals surface area contributed by atoms with E-state index in [1.54, 1.807) is 37.2 Å². The number of nitro benzene ring substituents is 1. The van der Waals surface area contributed by atoms with Gasteiger partial charge in [-0.05, 0) is 36.3 Å². The SMILES string of the molecule is COc1ccc(CCN2C(=O)NC(=O)/C(=C/c3cc([N+](=O)[O-])ccc3N(C)C)C2=O)cc1OC. The average Bonchev–Trinajstić information content (AvgIpc) is 2.80. The average molecular weight is 468 g/mol. The number of non-ortho nitro benzene ring substituents is 1. The summed E-state index contributed by atoms with van der Waals surface area (Å²) in [6.07, 6.45) is 1.57. The molecule has 1 N–H and O–H groups in total. The highest BCUT2D eigenvalue weighted by atomic mass is 16.6. The number of amides is 4. The Bertz CT molecular complexity index is 1190. The van der Waals surface area contributed by atoms with Crippen molar-refractivity contribution in [2.24, 2.45) is 0 Å². The molecular formula is C23H24N4O7. The summed E-state index contributed by atoms with van der Waals surface area (Å²) in [6, 6.07) is 8.52. The summed E-state index contributed by atoms with van der Waals surface area (Å²) in [4.78, 5) is 51.2. The Morgan fingerprint density at radius 3 is 2.38 bits per heavy atom. The van der Waals surface area contributed by atoms with Gasteiger partial charge in [-0.25, -0.2) is 4.79 Å². The van der Waals surface area contributed by atoms with Gasteiger partial charge in [-0.2, -0.15) is 0 Å². The van der Waals surface area contributed by atoms with Crippen LogP contribution < -0.4 is 19.7 Å². The summed E-state index contributed by atoms with van der Waals surface area (Å²) in [5.41, 5.74) is 1.16. The number of nitro groups is 1. The molecule has 0 radical (unpaired) electrons. The minimum atomic E-state index is -0.867. The molecule has 0 saturated carbocycles. The summed E-state index contributed by atoms with van der Waals surface area (Å²) in [7, 11) is 6.47. The van der Waals surface area contributed by atoms with Crippen LogP contribution in [0.4, 0.5) is 16.2 Å². The van der Waals surface area contributed by atoms with E-state index in [1.165, 1.54) is 38.5 Å². The van der Waals surface area contributed by atoms with Crippen LogP contribution in [0.15, 0.2) is 42.0 Å². The first kappa shape index (κ1) is 24.2. The molecule has 1 saturated heterocycles. The highest BCUT2D eigenvalue weighted by molar-refractivity contribution is 6.31. The van der Waals surface area contributed by atoms with E-state index in [1.807, 2.05) is 0 Å². The monoisotopic (exact) mass is 468 g/mol. The largest absolute Gasteiger partial charge is 0.493 e. The normalized spacial score (nSPS) is 14.8. The van der Waals surface area contributed by atoms with Gasteiger partial charge in [0.25, 0.3) is 17.5 Å². The van der Waals surface area contributed by atoms with Crippen LogP contribution in [0.25, 0.3) is 6.08 Å². The summed E-state index contributed by atoms with van der Waals surface area (Å²) in [5.74, 6) is -0.603. The number of carbonyl (C=O) groups is 3. The summed E-state index contributed by atoms with van der Waals surface area (Å²) in [6.45, 7) is 0.000243. The number of urea groups is 1. The second-order valence-corrected chi connectivity index (χ2v) is 7.61. The third kappa shape index (κ3) is 4.98. The van der Waals surface area contributed by atoms with Crippen molar-refractivity contribution in [1.29, 1.82) is 0 Å². The second kappa shape index (κ2) is 10.0. The lowest BCUT2D eigenvalue weighted by molar-refractivity contribution is -0.384. The Labute approximate surface area is 195 Å². The highest BCUT2D eigenvalue weighted by Gasteiger charge is 2.35. The minimum absolute atomic E-state index is 0.000243. The van der Waals surface area contributed by atoms with Crippen molar-refractivity contribution in [1.82, 2.24) is 10.2 Å². The summed E-state index contributed by atoms with van der Waals surface area (Å²) >= 11 is 0. The molecule has 0 bridgehead atoms. The molecule has 1 heterocycles. The van der Waals surface area contributed by atoms with Gasteiger partial charge in [0.15, 0.2) is 11.5 Å². The lowest BCUT2D eigenvalue weighted by atomic mass is 10.0. The van der Waals surface area contributed by atoms with Gasteiger partial charge in [-0.15, -0.1) is 0 Å². The van der Waals surface area contributed by atoms with Gasteiger partial charge in [0.2, 0.25) is 0 Å². The fourth-order valence-corrected chi connectivity index (χ4v) is 3.51. The molecule has 1 fully saturated rings. The Kier molecular flexibility index (Phi) is 7.15. The first-order chi connectivity index (χ1) is 16.2. The van der Waals surface area contributed by atoms with Crippen LogP contribution in [-0.2, 0) is 16.0 Å². The number of hydrogen-bond acceptors (Lipinski definition) is 8. The molecule has 2 aromatic rings. The van der Waals surface area contributed by atoms with Gasteiger partial charge in [0.1, 0.15) is 5.57 Å². The Morgan fingerprint density at radius 1 is 1.06 bits per heavy atom. The van der Waals surface area contributed by atoms with Crippen LogP contribution in [0.2, 0.25) is 0 Å². The van der Waals surface area contributed by atoms with E-state index in [4.69, 9.17) is 9.47 Å². The van der Waals surface area contributed by atoms with Crippen LogP contribution in [0.3, 0.4) is 0 Å². The number of anilines is 1. The van der Waals surface area contributed by atoms with E-state index in [0.717, 1.165) is 10.5 Å². The summed E-state index contributed by atoms with van der Waals surface area (Å²) in [5, 5.41) is 13.4. The predicted octanol–water partition coefficient (Wildman–Crippen LogP) is 2.38. The van der Waals surface area contributed by atoms with E-state index in [9.17, 15) is 24.5 Å².